The molecule has 34 heavy (non-hydrogen) atoms. The van der Waals surface area contributed by atoms with Crippen LogP contribution in [0, 0.1) is 11.7 Å². The van der Waals surface area contributed by atoms with E-state index < -0.39 is 0 Å². The molecule has 3 aromatic carbocycles. The predicted octanol–water partition coefficient (Wildman–Crippen LogP) is 5.25. The number of fused-ring (bicyclic) bond motifs is 1. The second-order valence-corrected chi connectivity index (χ2v) is 9.04. The van der Waals surface area contributed by atoms with Gasteiger partial charge >= 0.3 is 0 Å². The van der Waals surface area contributed by atoms with Crippen molar-refractivity contribution in [1.29, 1.82) is 0 Å². The van der Waals surface area contributed by atoms with Crippen molar-refractivity contribution in [3.05, 3.63) is 96.1 Å². The summed E-state index contributed by atoms with van der Waals surface area (Å²) >= 11 is 0. The monoisotopic (exact) mass is 456 g/mol. The molecular weight excluding hydrogens is 427 g/mol. The quantitative estimate of drug-likeness (QED) is 0.431. The van der Waals surface area contributed by atoms with Gasteiger partial charge in [-0.25, -0.2) is 9.37 Å². The maximum absolute atomic E-state index is 13.6. The highest BCUT2D eigenvalue weighted by Crippen LogP contribution is 2.25. The van der Waals surface area contributed by atoms with Crippen molar-refractivity contribution in [3.8, 4) is 5.69 Å². The first-order valence-corrected chi connectivity index (χ1v) is 11.9. The second-order valence-electron chi connectivity index (χ2n) is 9.04. The van der Waals surface area contributed by atoms with E-state index in [1.165, 1.54) is 12.1 Å². The molecule has 1 aliphatic rings. The van der Waals surface area contributed by atoms with E-state index >= 15 is 0 Å². The second kappa shape index (κ2) is 9.77. The molecule has 0 radical (unpaired) electrons. The highest BCUT2D eigenvalue weighted by Gasteiger charge is 2.28. The Bertz CT molecular complexity index is 1270. The Morgan fingerprint density at radius 1 is 1.06 bits per heavy atom. The Labute approximate surface area is 199 Å². The fourth-order valence-corrected chi connectivity index (χ4v) is 4.83. The number of rotatable bonds is 6. The zero-order valence-electron chi connectivity index (χ0n) is 19.3. The van der Waals surface area contributed by atoms with Crippen LogP contribution in [-0.2, 0) is 11.3 Å². The van der Waals surface area contributed by atoms with Crippen LogP contribution in [0.25, 0.3) is 16.7 Å². The predicted molar refractivity (Wildman–Crippen MR) is 132 cm³/mol. The summed E-state index contributed by atoms with van der Waals surface area (Å²) < 4.78 is 15.7. The Kier molecular flexibility index (Phi) is 6.41. The molecule has 1 aromatic heterocycles. The van der Waals surface area contributed by atoms with Crippen molar-refractivity contribution in [2.45, 2.75) is 32.4 Å². The molecule has 2 atom stereocenters. The van der Waals surface area contributed by atoms with Crippen LogP contribution in [0.3, 0.4) is 0 Å². The number of hydrogen-bond acceptors (Lipinski definition) is 3. The topological polar surface area (TPSA) is 50.2 Å². The van der Waals surface area contributed by atoms with Crippen LogP contribution < -0.4 is 5.32 Å². The summed E-state index contributed by atoms with van der Waals surface area (Å²) in [6, 6.07) is 24.5. The van der Waals surface area contributed by atoms with Gasteiger partial charge in [0.15, 0.2) is 0 Å². The molecule has 1 aliphatic heterocycles. The van der Waals surface area contributed by atoms with Gasteiger partial charge in [0.25, 0.3) is 0 Å². The van der Waals surface area contributed by atoms with E-state index in [1.54, 1.807) is 12.1 Å². The Hall–Kier alpha value is -3.51. The molecular formula is C28H29FN4O. The lowest BCUT2D eigenvalue weighted by molar-refractivity contribution is -0.127. The van der Waals surface area contributed by atoms with Crippen molar-refractivity contribution in [2.75, 3.05) is 13.1 Å². The number of amides is 1. The van der Waals surface area contributed by atoms with Crippen LogP contribution in [0.2, 0.25) is 0 Å². The third kappa shape index (κ3) is 4.73. The lowest BCUT2D eigenvalue weighted by Gasteiger charge is -2.32. The molecule has 6 heteroatoms. The SMILES string of the molecule is C[C@H](NC(=O)[C@@H]1CCCN(Cc2nc3ccccc3n2-c2ccc(F)cc2)C1)c1ccccc1. The molecule has 5 rings (SSSR count). The van der Waals surface area contributed by atoms with Crippen LogP contribution in [0.1, 0.15) is 37.2 Å². The fraction of sp³-hybridized carbons (Fsp3) is 0.286. The fourth-order valence-electron chi connectivity index (χ4n) is 4.83. The average Bonchev–Trinajstić information content (AvgIpc) is 3.23. The van der Waals surface area contributed by atoms with E-state index in [2.05, 4.69) is 14.8 Å². The number of piperidine rings is 1. The average molecular weight is 457 g/mol. The zero-order valence-corrected chi connectivity index (χ0v) is 19.3. The minimum Gasteiger partial charge on any atom is -0.349 e. The van der Waals surface area contributed by atoms with Crippen LogP contribution in [0.5, 0.6) is 0 Å². The molecule has 1 N–H and O–H groups in total. The highest BCUT2D eigenvalue weighted by molar-refractivity contribution is 5.79. The Morgan fingerprint density at radius 3 is 2.59 bits per heavy atom. The van der Waals surface area contributed by atoms with Crippen LogP contribution in [-0.4, -0.2) is 33.4 Å². The van der Waals surface area contributed by atoms with Crippen molar-refractivity contribution < 1.29 is 9.18 Å². The Morgan fingerprint density at radius 2 is 1.79 bits per heavy atom. The smallest absolute Gasteiger partial charge is 0.224 e. The normalized spacial score (nSPS) is 17.5. The number of carbonyl (C=O) groups excluding carboxylic acids is 1. The maximum Gasteiger partial charge on any atom is 0.224 e. The van der Waals surface area contributed by atoms with Crippen LogP contribution in [0.4, 0.5) is 4.39 Å². The summed E-state index contributed by atoms with van der Waals surface area (Å²) in [4.78, 5) is 20.2. The first-order chi connectivity index (χ1) is 16.6. The molecule has 0 unspecified atom stereocenters. The zero-order chi connectivity index (χ0) is 23.5. The van der Waals surface area contributed by atoms with Gasteiger partial charge in [0.2, 0.25) is 5.91 Å². The number of hydrogen-bond donors (Lipinski definition) is 1. The van der Waals surface area contributed by atoms with Crippen molar-refractivity contribution in [2.24, 2.45) is 5.92 Å². The summed E-state index contributed by atoms with van der Waals surface area (Å²) in [6.45, 7) is 4.27. The van der Waals surface area contributed by atoms with Crippen molar-refractivity contribution in [1.82, 2.24) is 19.8 Å². The van der Waals surface area contributed by atoms with Gasteiger partial charge < -0.3 is 5.32 Å². The number of nitrogens with zero attached hydrogens (tertiary/aromatic N) is 3. The lowest BCUT2D eigenvalue weighted by atomic mass is 9.96. The number of para-hydroxylation sites is 2. The van der Waals surface area contributed by atoms with Gasteiger partial charge in [0, 0.05) is 12.2 Å². The number of benzene rings is 3. The van der Waals surface area contributed by atoms with Gasteiger partial charge in [-0.3, -0.25) is 14.3 Å². The van der Waals surface area contributed by atoms with E-state index in [9.17, 15) is 9.18 Å². The third-order valence-corrected chi connectivity index (χ3v) is 6.61. The minimum absolute atomic E-state index is 0.0215. The minimum atomic E-state index is -0.260. The van der Waals surface area contributed by atoms with Gasteiger partial charge in [-0.1, -0.05) is 42.5 Å². The third-order valence-electron chi connectivity index (χ3n) is 6.61. The van der Waals surface area contributed by atoms with E-state index in [0.29, 0.717) is 13.1 Å². The number of imidazole rings is 1. The molecule has 1 saturated heterocycles. The molecule has 0 aliphatic carbocycles. The van der Waals surface area contributed by atoms with Gasteiger partial charge in [0.1, 0.15) is 11.6 Å². The molecule has 1 amide bonds. The standard InChI is InChI=1S/C28H29FN4O/c1-20(21-8-3-2-4-9-21)30-28(34)22-10-7-17-32(18-22)19-27-31-25-11-5-6-12-26(25)33(27)24-15-13-23(29)14-16-24/h2-6,8-9,11-16,20,22H,7,10,17-19H2,1H3,(H,30,34)/t20-,22+/m0/s1. The lowest BCUT2D eigenvalue weighted by Crippen LogP contribution is -2.43. The number of likely N-dealkylation sites (tertiary alicyclic amines) is 1. The molecule has 1 fully saturated rings. The van der Waals surface area contributed by atoms with E-state index in [0.717, 1.165) is 47.5 Å². The highest BCUT2D eigenvalue weighted by atomic mass is 19.1. The van der Waals surface area contributed by atoms with Crippen LogP contribution >= 0.6 is 0 Å². The number of halogens is 1. The van der Waals surface area contributed by atoms with Gasteiger partial charge in [-0.15, -0.1) is 0 Å². The van der Waals surface area contributed by atoms with Gasteiger partial charge in [-0.05, 0) is 68.3 Å². The number of nitrogens with one attached hydrogen (secondary N) is 1. The largest absolute Gasteiger partial charge is 0.349 e. The first kappa shape index (κ1) is 22.3. The molecule has 5 nitrogen and oxygen atoms in total. The van der Waals surface area contributed by atoms with E-state index in [-0.39, 0.29) is 23.7 Å². The number of carbonyl (C=O) groups is 1. The van der Waals surface area contributed by atoms with Crippen LogP contribution in [0.15, 0.2) is 78.9 Å². The van der Waals surface area contributed by atoms with E-state index in [4.69, 9.17) is 4.98 Å². The molecule has 0 saturated carbocycles. The summed E-state index contributed by atoms with van der Waals surface area (Å²) in [5.74, 6) is 0.688. The molecule has 174 valence electrons. The molecule has 4 aromatic rings. The summed E-state index contributed by atoms with van der Waals surface area (Å²) in [5, 5.41) is 3.19. The van der Waals surface area contributed by atoms with Crippen molar-refractivity contribution in [3.63, 3.8) is 0 Å². The first-order valence-electron chi connectivity index (χ1n) is 11.9. The maximum atomic E-state index is 13.6. The Balaban J connectivity index is 1.33. The van der Waals surface area contributed by atoms with Crippen molar-refractivity contribution >= 4 is 16.9 Å². The van der Waals surface area contributed by atoms with E-state index in [1.807, 2.05) is 61.5 Å². The summed E-state index contributed by atoms with van der Waals surface area (Å²) in [7, 11) is 0. The molecule has 0 bridgehead atoms. The van der Waals surface area contributed by atoms with Gasteiger partial charge in [-0.2, -0.15) is 0 Å². The summed E-state index contributed by atoms with van der Waals surface area (Å²) in [5.41, 5.74) is 3.89. The molecule has 2 heterocycles. The molecule has 0 spiro atoms. The summed E-state index contributed by atoms with van der Waals surface area (Å²) in [6.07, 6.45) is 1.85. The van der Waals surface area contributed by atoms with Gasteiger partial charge in [0.05, 0.1) is 29.5 Å². The number of aromatic nitrogens is 2.